The van der Waals surface area contributed by atoms with Crippen LogP contribution in [0, 0.1) is 5.82 Å². The maximum Gasteiger partial charge on any atom is 0.129 e. The van der Waals surface area contributed by atoms with Crippen molar-refractivity contribution in [1.29, 1.82) is 0 Å². The van der Waals surface area contributed by atoms with Crippen molar-refractivity contribution in [2.24, 2.45) is 5.84 Å². The molecule has 2 rings (SSSR count). The van der Waals surface area contributed by atoms with E-state index in [4.69, 9.17) is 17.4 Å². The van der Waals surface area contributed by atoms with E-state index in [9.17, 15) is 4.39 Å². The van der Waals surface area contributed by atoms with Crippen molar-refractivity contribution in [3.05, 3.63) is 58.5 Å². The molecule has 1 unspecified atom stereocenters. The Kier molecular flexibility index (Phi) is 4.54. The lowest BCUT2D eigenvalue weighted by molar-refractivity contribution is 0.559. The molecule has 20 heavy (non-hydrogen) atoms. The number of nitrogens with zero attached hydrogens (tertiary/aromatic N) is 2. The molecule has 106 valence electrons. The van der Waals surface area contributed by atoms with Gasteiger partial charge in [0, 0.05) is 30.9 Å². The fourth-order valence-electron chi connectivity index (χ4n) is 1.93. The van der Waals surface area contributed by atoms with Gasteiger partial charge in [-0.3, -0.25) is 5.84 Å². The molecule has 0 aliphatic rings. The lowest BCUT2D eigenvalue weighted by atomic mass is 10.0. The van der Waals surface area contributed by atoms with Crippen LogP contribution in [-0.4, -0.2) is 19.1 Å². The average Bonchev–Trinajstić information content (AvgIpc) is 2.42. The van der Waals surface area contributed by atoms with Crippen molar-refractivity contribution < 1.29 is 4.39 Å². The molecule has 0 spiro atoms. The second-order valence-electron chi connectivity index (χ2n) is 4.61. The number of nitrogens with one attached hydrogen (secondary N) is 1. The number of hydrogen-bond acceptors (Lipinski definition) is 4. The Labute approximate surface area is 122 Å². The Balaban J connectivity index is 2.36. The van der Waals surface area contributed by atoms with Gasteiger partial charge in [-0.25, -0.2) is 14.8 Å². The van der Waals surface area contributed by atoms with Gasteiger partial charge in [-0.05, 0) is 23.8 Å². The number of benzene rings is 1. The van der Waals surface area contributed by atoms with Gasteiger partial charge < -0.3 is 4.90 Å². The van der Waals surface area contributed by atoms with E-state index in [1.54, 1.807) is 18.3 Å². The van der Waals surface area contributed by atoms with Crippen molar-refractivity contribution in [3.63, 3.8) is 0 Å². The molecule has 1 heterocycles. The average molecular weight is 295 g/mol. The molecule has 0 fully saturated rings. The molecule has 2 aromatic rings. The topological polar surface area (TPSA) is 54.2 Å². The molecule has 6 heteroatoms. The van der Waals surface area contributed by atoms with Crippen molar-refractivity contribution in [3.8, 4) is 0 Å². The lowest BCUT2D eigenvalue weighted by Gasteiger charge is -2.18. The summed E-state index contributed by atoms with van der Waals surface area (Å²) in [4.78, 5) is 6.19. The zero-order chi connectivity index (χ0) is 14.7. The molecule has 0 saturated heterocycles. The van der Waals surface area contributed by atoms with E-state index < -0.39 is 11.9 Å². The number of aromatic nitrogens is 1. The van der Waals surface area contributed by atoms with Gasteiger partial charge in [0.05, 0.1) is 6.04 Å². The van der Waals surface area contributed by atoms with Gasteiger partial charge in [-0.15, -0.1) is 0 Å². The van der Waals surface area contributed by atoms with Crippen molar-refractivity contribution in [2.75, 3.05) is 19.0 Å². The minimum Gasteiger partial charge on any atom is -0.363 e. The van der Waals surface area contributed by atoms with Crippen LogP contribution in [0.4, 0.5) is 10.2 Å². The van der Waals surface area contributed by atoms with Gasteiger partial charge in [0.25, 0.3) is 0 Å². The highest BCUT2D eigenvalue weighted by molar-refractivity contribution is 6.30. The first-order chi connectivity index (χ1) is 9.52. The monoisotopic (exact) mass is 294 g/mol. The number of rotatable bonds is 4. The largest absolute Gasteiger partial charge is 0.363 e. The third-order valence-electron chi connectivity index (χ3n) is 3.00. The van der Waals surface area contributed by atoms with E-state index in [-0.39, 0.29) is 0 Å². The third kappa shape index (κ3) is 3.07. The number of halogens is 2. The summed E-state index contributed by atoms with van der Waals surface area (Å²) in [5.74, 6) is 5.97. The summed E-state index contributed by atoms with van der Waals surface area (Å²) in [7, 11) is 3.80. The Hall–Kier alpha value is -1.69. The summed E-state index contributed by atoms with van der Waals surface area (Å²) < 4.78 is 14.0. The second-order valence-corrected chi connectivity index (χ2v) is 5.05. The first-order valence-electron chi connectivity index (χ1n) is 6.07. The van der Waals surface area contributed by atoms with E-state index in [1.807, 2.05) is 31.1 Å². The molecule has 0 bridgehead atoms. The molecule has 0 amide bonds. The highest BCUT2D eigenvalue weighted by Crippen LogP contribution is 2.26. The number of pyridine rings is 1. The standard InChI is InChI=1S/C14H16ClFN4/c1-20(2)13-6-3-9(8-18-13)14(19-17)11-5-4-10(15)7-12(11)16/h3-8,14,19H,17H2,1-2H3. The Bertz CT molecular complexity index is 586. The van der Waals surface area contributed by atoms with Gasteiger partial charge in [0.1, 0.15) is 11.6 Å². The van der Waals surface area contributed by atoms with E-state index >= 15 is 0 Å². The lowest BCUT2D eigenvalue weighted by Crippen LogP contribution is -2.29. The minimum atomic E-state index is -0.476. The SMILES string of the molecule is CN(C)c1ccc(C(NN)c2ccc(Cl)cc2F)cn1. The fourth-order valence-corrected chi connectivity index (χ4v) is 2.09. The first kappa shape index (κ1) is 14.7. The highest BCUT2D eigenvalue weighted by Gasteiger charge is 2.17. The Morgan fingerprint density at radius 3 is 2.55 bits per heavy atom. The number of hydrogen-bond donors (Lipinski definition) is 2. The van der Waals surface area contributed by atoms with Crippen LogP contribution in [0.2, 0.25) is 5.02 Å². The van der Waals surface area contributed by atoms with Crippen LogP contribution in [0.3, 0.4) is 0 Å². The third-order valence-corrected chi connectivity index (χ3v) is 3.24. The van der Waals surface area contributed by atoms with Crippen LogP contribution in [0.5, 0.6) is 0 Å². The van der Waals surface area contributed by atoms with Crippen LogP contribution in [0.1, 0.15) is 17.2 Å². The van der Waals surface area contributed by atoms with Gasteiger partial charge in [0.15, 0.2) is 0 Å². The molecule has 1 aromatic carbocycles. The van der Waals surface area contributed by atoms with E-state index in [2.05, 4.69) is 10.4 Å². The maximum atomic E-state index is 14.0. The van der Waals surface area contributed by atoms with Gasteiger partial charge in [-0.2, -0.15) is 0 Å². The minimum absolute atomic E-state index is 0.350. The summed E-state index contributed by atoms with van der Waals surface area (Å²) in [5.41, 5.74) is 3.81. The maximum absolute atomic E-state index is 14.0. The molecule has 0 aliphatic carbocycles. The smallest absolute Gasteiger partial charge is 0.129 e. The molecule has 4 nitrogen and oxygen atoms in total. The number of nitrogens with two attached hydrogens (primary N) is 1. The highest BCUT2D eigenvalue weighted by atomic mass is 35.5. The predicted molar refractivity (Wildman–Crippen MR) is 79.1 cm³/mol. The molecular formula is C14H16ClFN4. The molecule has 1 atom stereocenters. The molecule has 0 radical (unpaired) electrons. The zero-order valence-electron chi connectivity index (χ0n) is 11.3. The summed E-state index contributed by atoms with van der Waals surface area (Å²) >= 11 is 5.76. The predicted octanol–water partition coefficient (Wildman–Crippen LogP) is 2.49. The summed E-state index contributed by atoms with van der Waals surface area (Å²) in [6, 6.07) is 7.75. The fraction of sp³-hybridized carbons (Fsp3) is 0.214. The summed E-state index contributed by atoms with van der Waals surface area (Å²) in [6.07, 6.45) is 1.67. The number of anilines is 1. The van der Waals surface area contributed by atoms with E-state index in [0.29, 0.717) is 10.6 Å². The van der Waals surface area contributed by atoms with Gasteiger partial charge in [-0.1, -0.05) is 23.7 Å². The van der Waals surface area contributed by atoms with E-state index in [1.165, 1.54) is 6.07 Å². The van der Waals surface area contributed by atoms with Crippen LogP contribution in [0.25, 0.3) is 0 Å². The van der Waals surface area contributed by atoms with Gasteiger partial charge in [0.2, 0.25) is 0 Å². The normalized spacial score (nSPS) is 12.2. The quantitative estimate of drug-likeness (QED) is 0.672. The molecule has 3 N–H and O–H groups in total. The van der Waals surface area contributed by atoms with Crippen molar-refractivity contribution in [2.45, 2.75) is 6.04 Å². The Morgan fingerprint density at radius 2 is 2.05 bits per heavy atom. The zero-order valence-corrected chi connectivity index (χ0v) is 12.0. The second kappa shape index (κ2) is 6.17. The van der Waals surface area contributed by atoms with Crippen LogP contribution < -0.4 is 16.2 Å². The van der Waals surface area contributed by atoms with Crippen LogP contribution in [0.15, 0.2) is 36.5 Å². The first-order valence-corrected chi connectivity index (χ1v) is 6.45. The van der Waals surface area contributed by atoms with Crippen molar-refractivity contribution in [1.82, 2.24) is 10.4 Å². The summed E-state index contributed by atoms with van der Waals surface area (Å²) in [6.45, 7) is 0. The molecule has 1 aromatic heterocycles. The van der Waals surface area contributed by atoms with Crippen LogP contribution in [-0.2, 0) is 0 Å². The van der Waals surface area contributed by atoms with Crippen LogP contribution >= 0.6 is 11.6 Å². The van der Waals surface area contributed by atoms with E-state index in [0.717, 1.165) is 11.4 Å². The molecule has 0 saturated carbocycles. The molecule has 0 aliphatic heterocycles. The molecular weight excluding hydrogens is 279 g/mol. The van der Waals surface area contributed by atoms with Crippen molar-refractivity contribution >= 4 is 17.4 Å². The van der Waals surface area contributed by atoms with Gasteiger partial charge >= 0.3 is 0 Å². The Morgan fingerprint density at radius 1 is 1.30 bits per heavy atom. The number of hydrazine groups is 1. The summed E-state index contributed by atoms with van der Waals surface area (Å²) in [5, 5.41) is 0.350.